The number of hydrogen-bond donors (Lipinski definition) is 1. The van der Waals surface area contributed by atoms with E-state index in [1.165, 1.54) is 0 Å². The summed E-state index contributed by atoms with van der Waals surface area (Å²) in [6.45, 7) is 4.41. The highest BCUT2D eigenvalue weighted by Gasteiger charge is 2.31. The Balaban J connectivity index is 1.55. The molecule has 3 rings (SSSR count). The average molecular weight is 343 g/mol. The number of nitrogens with zero attached hydrogens (tertiary/aromatic N) is 2. The van der Waals surface area contributed by atoms with E-state index in [1.54, 1.807) is 4.90 Å². The fraction of sp³-hybridized carbons (Fsp3) is 0.526. The molecule has 0 bridgehead atoms. The van der Waals surface area contributed by atoms with Crippen molar-refractivity contribution in [1.29, 1.82) is 0 Å². The molecule has 2 heterocycles. The van der Waals surface area contributed by atoms with E-state index in [0.717, 1.165) is 17.5 Å². The third-order valence-electron chi connectivity index (χ3n) is 4.89. The van der Waals surface area contributed by atoms with Gasteiger partial charge in [0.15, 0.2) is 0 Å². The Labute approximate surface area is 148 Å². The van der Waals surface area contributed by atoms with E-state index < -0.39 is 0 Å². The lowest BCUT2D eigenvalue weighted by Gasteiger charge is -2.24. The number of nitrogens with one attached hydrogen (secondary N) is 1. The first-order chi connectivity index (χ1) is 12.0. The lowest BCUT2D eigenvalue weighted by atomic mass is 10.1. The van der Waals surface area contributed by atoms with Gasteiger partial charge in [-0.15, -0.1) is 0 Å². The van der Waals surface area contributed by atoms with Crippen molar-refractivity contribution in [1.82, 2.24) is 15.1 Å². The monoisotopic (exact) mass is 343 g/mol. The van der Waals surface area contributed by atoms with E-state index in [9.17, 15) is 14.4 Å². The smallest absolute Gasteiger partial charge is 0.245 e. The molecule has 0 spiro atoms. The molecule has 1 unspecified atom stereocenters. The maximum absolute atomic E-state index is 12.6. The van der Waals surface area contributed by atoms with Gasteiger partial charge in [-0.25, -0.2) is 0 Å². The van der Waals surface area contributed by atoms with Crippen LogP contribution in [0.1, 0.15) is 30.4 Å². The van der Waals surface area contributed by atoms with E-state index >= 15 is 0 Å². The maximum atomic E-state index is 12.6. The zero-order valence-electron chi connectivity index (χ0n) is 14.7. The van der Waals surface area contributed by atoms with Crippen LogP contribution in [0.3, 0.4) is 0 Å². The molecule has 0 saturated carbocycles. The molecule has 2 fully saturated rings. The van der Waals surface area contributed by atoms with Gasteiger partial charge in [0, 0.05) is 32.6 Å². The predicted molar refractivity (Wildman–Crippen MR) is 93.8 cm³/mol. The SMILES string of the molecule is Cc1cccc(CC(=O)N2CCCN(C(=O)C3CCC(=O)N3)CC2)c1. The molecule has 3 amide bonds. The molecule has 25 heavy (non-hydrogen) atoms. The van der Waals surface area contributed by atoms with Crippen LogP contribution in [0.15, 0.2) is 24.3 Å². The van der Waals surface area contributed by atoms with Gasteiger partial charge >= 0.3 is 0 Å². The Morgan fingerprint density at radius 3 is 2.64 bits per heavy atom. The number of rotatable bonds is 3. The minimum atomic E-state index is -0.387. The summed E-state index contributed by atoms with van der Waals surface area (Å²) in [6.07, 6.45) is 2.16. The molecule has 2 saturated heterocycles. The van der Waals surface area contributed by atoms with Crippen molar-refractivity contribution in [3.05, 3.63) is 35.4 Å². The second kappa shape index (κ2) is 7.68. The Morgan fingerprint density at radius 2 is 1.92 bits per heavy atom. The van der Waals surface area contributed by atoms with Crippen LogP contribution in [-0.2, 0) is 20.8 Å². The molecule has 0 aromatic heterocycles. The summed E-state index contributed by atoms with van der Waals surface area (Å²) in [5.41, 5.74) is 2.17. The van der Waals surface area contributed by atoms with Gasteiger partial charge in [-0.2, -0.15) is 0 Å². The highest BCUT2D eigenvalue weighted by molar-refractivity contribution is 5.90. The van der Waals surface area contributed by atoms with E-state index in [2.05, 4.69) is 5.32 Å². The van der Waals surface area contributed by atoms with Crippen LogP contribution in [0.25, 0.3) is 0 Å². The number of carbonyl (C=O) groups is 3. The van der Waals surface area contributed by atoms with Gasteiger partial charge in [0.05, 0.1) is 6.42 Å². The third kappa shape index (κ3) is 4.38. The van der Waals surface area contributed by atoms with Crippen molar-refractivity contribution in [3.63, 3.8) is 0 Å². The molecule has 1 atom stereocenters. The first-order valence-corrected chi connectivity index (χ1v) is 8.94. The normalized spacial score (nSPS) is 21.0. The van der Waals surface area contributed by atoms with Gasteiger partial charge in [-0.05, 0) is 25.3 Å². The first kappa shape index (κ1) is 17.5. The minimum Gasteiger partial charge on any atom is -0.344 e. The van der Waals surface area contributed by atoms with E-state index in [1.807, 2.05) is 36.1 Å². The number of benzene rings is 1. The fourth-order valence-corrected chi connectivity index (χ4v) is 3.52. The first-order valence-electron chi connectivity index (χ1n) is 8.94. The van der Waals surface area contributed by atoms with Crippen molar-refractivity contribution in [3.8, 4) is 0 Å². The molecule has 6 heteroatoms. The van der Waals surface area contributed by atoms with Gasteiger partial charge in [-0.3, -0.25) is 14.4 Å². The van der Waals surface area contributed by atoms with Crippen LogP contribution in [0, 0.1) is 6.92 Å². The van der Waals surface area contributed by atoms with Crippen molar-refractivity contribution >= 4 is 17.7 Å². The molecular formula is C19H25N3O3. The lowest BCUT2D eigenvalue weighted by molar-refractivity contribution is -0.135. The molecule has 0 radical (unpaired) electrons. The molecule has 6 nitrogen and oxygen atoms in total. The third-order valence-corrected chi connectivity index (χ3v) is 4.89. The molecule has 0 aliphatic carbocycles. The van der Waals surface area contributed by atoms with Crippen molar-refractivity contribution in [2.75, 3.05) is 26.2 Å². The van der Waals surface area contributed by atoms with Gasteiger partial charge in [0.1, 0.15) is 6.04 Å². The molecule has 1 N–H and O–H groups in total. The molecule has 2 aliphatic rings. The van der Waals surface area contributed by atoms with E-state index in [4.69, 9.17) is 0 Å². The summed E-state index contributed by atoms with van der Waals surface area (Å²) in [6, 6.07) is 7.61. The zero-order chi connectivity index (χ0) is 17.8. The summed E-state index contributed by atoms with van der Waals surface area (Å²) >= 11 is 0. The van der Waals surface area contributed by atoms with E-state index in [-0.39, 0.29) is 23.8 Å². The summed E-state index contributed by atoms with van der Waals surface area (Å²) in [7, 11) is 0. The quantitative estimate of drug-likeness (QED) is 0.886. The number of carbonyl (C=O) groups excluding carboxylic acids is 3. The summed E-state index contributed by atoms with van der Waals surface area (Å²) in [4.78, 5) is 40.0. The van der Waals surface area contributed by atoms with Crippen LogP contribution in [0.5, 0.6) is 0 Å². The molecule has 1 aromatic carbocycles. The predicted octanol–water partition coefficient (Wildman–Crippen LogP) is 0.877. The highest BCUT2D eigenvalue weighted by Crippen LogP contribution is 2.13. The van der Waals surface area contributed by atoms with Crippen molar-refractivity contribution in [2.24, 2.45) is 0 Å². The van der Waals surface area contributed by atoms with Crippen LogP contribution in [0.2, 0.25) is 0 Å². The number of aryl methyl sites for hydroxylation is 1. The molecular weight excluding hydrogens is 318 g/mol. The maximum Gasteiger partial charge on any atom is 0.245 e. The minimum absolute atomic E-state index is 0.0150. The van der Waals surface area contributed by atoms with E-state index in [0.29, 0.717) is 45.4 Å². The lowest BCUT2D eigenvalue weighted by Crippen LogP contribution is -2.46. The second-order valence-corrected chi connectivity index (χ2v) is 6.88. The Kier molecular flexibility index (Phi) is 5.36. The van der Waals surface area contributed by atoms with Gasteiger partial charge in [-0.1, -0.05) is 29.8 Å². The molecule has 1 aromatic rings. The summed E-state index contributed by atoms with van der Waals surface area (Å²) < 4.78 is 0. The largest absolute Gasteiger partial charge is 0.344 e. The summed E-state index contributed by atoms with van der Waals surface area (Å²) in [5, 5.41) is 2.73. The second-order valence-electron chi connectivity index (χ2n) is 6.88. The molecule has 134 valence electrons. The van der Waals surface area contributed by atoms with Crippen molar-refractivity contribution in [2.45, 2.75) is 38.6 Å². The standard InChI is InChI=1S/C19H25N3O3/c1-14-4-2-5-15(12-14)13-18(24)21-8-3-9-22(11-10-21)19(25)16-6-7-17(23)20-16/h2,4-5,12,16H,3,6-11,13H2,1H3,(H,20,23). The number of hydrogen-bond acceptors (Lipinski definition) is 3. The van der Waals surface area contributed by atoms with Gasteiger partial charge in [0.2, 0.25) is 17.7 Å². The van der Waals surface area contributed by atoms with Crippen LogP contribution in [-0.4, -0.2) is 59.7 Å². The number of amides is 3. The Morgan fingerprint density at radius 1 is 1.16 bits per heavy atom. The zero-order valence-corrected chi connectivity index (χ0v) is 14.7. The van der Waals surface area contributed by atoms with Crippen LogP contribution >= 0.6 is 0 Å². The van der Waals surface area contributed by atoms with Gasteiger partial charge < -0.3 is 15.1 Å². The Bertz CT molecular complexity index is 674. The topological polar surface area (TPSA) is 69.7 Å². The summed E-state index contributed by atoms with van der Waals surface area (Å²) in [5.74, 6) is 0.0380. The Hall–Kier alpha value is -2.37. The highest BCUT2D eigenvalue weighted by atomic mass is 16.2. The van der Waals surface area contributed by atoms with Gasteiger partial charge in [0.25, 0.3) is 0 Å². The van der Waals surface area contributed by atoms with Crippen LogP contribution < -0.4 is 5.32 Å². The van der Waals surface area contributed by atoms with Crippen LogP contribution in [0.4, 0.5) is 0 Å². The molecule has 2 aliphatic heterocycles. The van der Waals surface area contributed by atoms with Crippen molar-refractivity contribution < 1.29 is 14.4 Å². The average Bonchev–Trinajstić information content (AvgIpc) is 2.87. The fourth-order valence-electron chi connectivity index (χ4n) is 3.52.